The van der Waals surface area contributed by atoms with Gasteiger partial charge in [-0.05, 0) is 45.8 Å². The molecule has 1 aliphatic rings. The molecule has 2 N–H and O–H groups in total. The Kier molecular flexibility index (Phi) is 4.70. The second-order valence-corrected chi connectivity index (χ2v) is 4.21. The maximum atomic E-state index is 6.11. The summed E-state index contributed by atoms with van der Waals surface area (Å²) < 4.78 is 5.31. The zero-order chi connectivity index (χ0) is 9.68. The summed E-state index contributed by atoms with van der Waals surface area (Å²) in [6.45, 7) is 2.90. The van der Waals surface area contributed by atoms with Crippen LogP contribution in [0.5, 0.6) is 0 Å². The highest BCUT2D eigenvalue weighted by molar-refractivity contribution is 4.75. The van der Waals surface area contributed by atoms with E-state index in [1.54, 1.807) is 0 Å². The minimum absolute atomic E-state index is 0.367. The number of nitrogens with zero attached hydrogens (tertiary/aromatic N) is 1. The second-order valence-electron chi connectivity index (χ2n) is 4.21. The Hall–Kier alpha value is -0.120. The van der Waals surface area contributed by atoms with Crippen LogP contribution in [0.1, 0.15) is 19.3 Å². The molecule has 3 nitrogen and oxygen atoms in total. The molecule has 0 aromatic heterocycles. The molecule has 1 fully saturated rings. The molecule has 78 valence electrons. The Morgan fingerprint density at radius 2 is 2.00 bits per heavy atom. The van der Waals surface area contributed by atoms with Gasteiger partial charge in [-0.3, -0.25) is 0 Å². The predicted octanol–water partition coefficient (Wildman–Crippen LogP) is 0.692. The van der Waals surface area contributed by atoms with Gasteiger partial charge < -0.3 is 15.4 Å². The summed E-state index contributed by atoms with van der Waals surface area (Å²) in [7, 11) is 4.19. The lowest BCUT2D eigenvalue weighted by molar-refractivity contribution is 0.0567. The fraction of sp³-hybridized carbons (Fsp3) is 1.00. The number of ether oxygens (including phenoxy) is 1. The van der Waals surface area contributed by atoms with Gasteiger partial charge in [-0.1, -0.05) is 0 Å². The van der Waals surface area contributed by atoms with Gasteiger partial charge in [0.1, 0.15) is 0 Å². The lowest BCUT2D eigenvalue weighted by atomic mass is 9.90. The van der Waals surface area contributed by atoms with Crippen molar-refractivity contribution in [2.24, 2.45) is 11.7 Å². The molecular weight excluding hydrogens is 164 g/mol. The zero-order valence-electron chi connectivity index (χ0n) is 8.83. The minimum Gasteiger partial charge on any atom is -0.381 e. The van der Waals surface area contributed by atoms with Gasteiger partial charge in [0.2, 0.25) is 0 Å². The number of rotatable bonds is 4. The van der Waals surface area contributed by atoms with Gasteiger partial charge in [0, 0.05) is 19.3 Å². The smallest absolute Gasteiger partial charge is 0.0469 e. The topological polar surface area (TPSA) is 38.5 Å². The molecular formula is C10H22N2O. The van der Waals surface area contributed by atoms with E-state index in [0.29, 0.717) is 12.0 Å². The molecule has 0 radical (unpaired) electrons. The fourth-order valence-corrected chi connectivity index (χ4v) is 1.79. The van der Waals surface area contributed by atoms with Crippen molar-refractivity contribution in [1.29, 1.82) is 0 Å². The summed E-state index contributed by atoms with van der Waals surface area (Å²) in [5.74, 6) is 0.689. The Bertz CT molecular complexity index is 133. The summed E-state index contributed by atoms with van der Waals surface area (Å²) in [4.78, 5) is 2.19. The monoisotopic (exact) mass is 186 g/mol. The van der Waals surface area contributed by atoms with Crippen LogP contribution in [0.15, 0.2) is 0 Å². The standard InChI is InChI=1S/C10H22N2O/c1-12(2)6-3-10(11)9-4-7-13-8-5-9/h9-10H,3-8,11H2,1-2H3. The first kappa shape index (κ1) is 11.0. The molecule has 0 saturated carbocycles. The van der Waals surface area contributed by atoms with Crippen LogP contribution in [-0.2, 0) is 4.74 Å². The molecule has 1 aliphatic heterocycles. The van der Waals surface area contributed by atoms with E-state index < -0.39 is 0 Å². The van der Waals surface area contributed by atoms with E-state index in [1.165, 1.54) is 0 Å². The van der Waals surface area contributed by atoms with Crippen LogP contribution in [0.25, 0.3) is 0 Å². The average molecular weight is 186 g/mol. The predicted molar refractivity (Wildman–Crippen MR) is 54.7 cm³/mol. The Labute approximate surface area is 81.2 Å². The molecule has 1 rings (SSSR count). The highest BCUT2D eigenvalue weighted by atomic mass is 16.5. The molecule has 0 spiro atoms. The van der Waals surface area contributed by atoms with Crippen molar-refractivity contribution in [2.75, 3.05) is 33.9 Å². The normalized spacial score (nSPS) is 22.2. The summed E-state index contributed by atoms with van der Waals surface area (Å²) in [6, 6.07) is 0.367. The van der Waals surface area contributed by atoms with Crippen LogP contribution >= 0.6 is 0 Å². The molecule has 0 bridgehead atoms. The van der Waals surface area contributed by atoms with Gasteiger partial charge in [-0.15, -0.1) is 0 Å². The van der Waals surface area contributed by atoms with E-state index in [4.69, 9.17) is 10.5 Å². The molecule has 0 aromatic carbocycles. The number of hydrogen-bond donors (Lipinski definition) is 1. The maximum absolute atomic E-state index is 6.11. The first-order valence-electron chi connectivity index (χ1n) is 5.18. The van der Waals surface area contributed by atoms with Crippen molar-refractivity contribution < 1.29 is 4.74 Å². The SMILES string of the molecule is CN(C)CCC(N)C1CCOCC1. The maximum Gasteiger partial charge on any atom is 0.0469 e. The van der Waals surface area contributed by atoms with Gasteiger partial charge in [0.05, 0.1) is 0 Å². The van der Waals surface area contributed by atoms with Crippen molar-refractivity contribution in [1.82, 2.24) is 4.90 Å². The zero-order valence-corrected chi connectivity index (χ0v) is 8.83. The molecule has 1 atom stereocenters. The molecule has 1 saturated heterocycles. The number of nitrogens with two attached hydrogens (primary N) is 1. The van der Waals surface area contributed by atoms with Crippen molar-refractivity contribution in [3.05, 3.63) is 0 Å². The quantitative estimate of drug-likeness (QED) is 0.702. The number of hydrogen-bond acceptors (Lipinski definition) is 3. The van der Waals surface area contributed by atoms with E-state index in [-0.39, 0.29) is 0 Å². The van der Waals surface area contributed by atoms with Crippen LogP contribution in [-0.4, -0.2) is 44.8 Å². The van der Waals surface area contributed by atoms with Crippen LogP contribution in [0.2, 0.25) is 0 Å². The lowest BCUT2D eigenvalue weighted by Gasteiger charge is -2.28. The highest BCUT2D eigenvalue weighted by Gasteiger charge is 2.20. The van der Waals surface area contributed by atoms with Crippen molar-refractivity contribution in [3.63, 3.8) is 0 Å². The van der Waals surface area contributed by atoms with E-state index in [1.807, 2.05) is 0 Å². The molecule has 3 heteroatoms. The van der Waals surface area contributed by atoms with Crippen molar-refractivity contribution in [2.45, 2.75) is 25.3 Å². The third-order valence-corrected chi connectivity index (χ3v) is 2.78. The molecule has 0 amide bonds. The third-order valence-electron chi connectivity index (χ3n) is 2.78. The van der Waals surface area contributed by atoms with Crippen LogP contribution in [0.3, 0.4) is 0 Å². The molecule has 0 aromatic rings. The Balaban J connectivity index is 2.17. The van der Waals surface area contributed by atoms with E-state index in [2.05, 4.69) is 19.0 Å². The van der Waals surface area contributed by atoms with E-state index in [9.17, 15) is 0 Å². The van der Waals surface area contributed by atoms with Gasteiger partial charge >= 0.3 is 0 Å². The van der Waals surface area contributed by atoms with Crippen molar-refractivity contribution >= 4 is 0 Å². The summed E-state index contributed by atoms with van der Waals surface area (Å²) >= 11 is 0. The van der Waals surface area contributed by atoms with E-state index in [0.717, 1.165) is 39.0 Å². The Morgan fingerprint density at radius 3 is 2.54 bits per heavy atom. The Morgan fingerprint density at radius 1 is 1.38 bits per heavy atom. The average Bonchev–Trinajstić information content (AvgIpc) is 2.15. The minimum atomic E-state index is 0.367. The fourth-order valence-electron chi connectivity index (χ4n) is 1.79. The van der Waals surface area contributed by atoms with Gasteiger partial charge in [-0.25, -0.2) is 0 Å². The summed E-state index contributed by atoms with van der Waals surface area (Å²) in [5, 5.41) is 0. The van der Waals surface area contributed by atoms with Gasteiger partial charge in [0.25, 0.3) is 0 Å². The first-order chi connectivity index (χ1) is 6.20. The van der Waals surface area contributed by atoms with Gasteiger partial charge in [0.15, 0.2) is 0 Å². The van der Waals surface area contributed by atoms with Crippen LogP contribution in [0, 0.1) is 5.92 Å². The molecule has 1 heterocycles. The molecule has 0 aliphatic carbocycles. The summed E-state index contributed by atoms with van der Waals surface area (Å²) in [6.07, 6.45) is 3.40. The second kappa shape index (κ2) is 5.58. The van der Waals surface area contributed by atoms with Gasteiger partial charge in [-0.2, -0.15) is 0 Å². The van der Waals surface area contributed by atoms with E-state index >= 15 is 0 Å². The molecule has 1 unspecified atom stereocenters. The van der Waals surface area contributed by atoms with Crippen LogP contribution in [0.4, 0.5) is 0 Å². The third kappa shape index (κ3) is 4.07. The van der Waals surface area contributed by atoms with Crippen LogP contribution < -0.4 is 5.73 Å². The largest absolute Gasteiger partial charge is 0.381 e. The lowest BCUT2D eigenvalue weighted by Crippen LogP contribution is -2.36. The first-order valence-corrected chi connectivity index (χ1v) is 5.18. The van der Waals surface area contributed by atoms with Crippen molar-refractivity contribution in [3.8, 4) is 0 Å². The summed E-state index contributed by atoms with van der Waals surface area (Å²) in [5.41, 5.74) is 6.11. The molecule has 13 heavy (non-hydrogen) atoms. The highest BCUT2D eigenvalue weighted by Crippen LogP contribution is 2.19.